The Hall–Kier alpha value is -1.75. The highest BCUT2D eigenvalue weighted by atomic mass is 35.5. The number of aryl methyl sites for hydroxylation is 1. The van der Waals surface area contributed by atoms with Gasteiger partial charge in [-0.1, -0.05) is 0 Å². The third-order valence-corrected chi connectivity index (χ3v) is 2.25. The predicted octanol–water partition coefficient (Wildman–Crippen LogP) is 1.89. The summed E-state index contributed by atoms with van der Waals surface area (Å²) < 4.78 is 4.94. The van der Waals surface area contributed by atoms with Crippen LogP contribution >= 0.6 is 11.6 Å². The van der Waals surface area contributed by atoms with E-state index in [1.165, 1.54) is 7.05 Å². The largest absolute Gasteiger partial charge is 0.412 e. The van der Waals surface area contributed by atoms with Crippen molar-refractivity contribution in [2.75, 3.05) is 18.2 Å². The number of amides is 2. The Kier molecular flexibility index (Phi) is 4.78. The summed E-state index contributed by atoms with van der Waals surface area (Å²) in [6, 6.07) is 4.89. The third-order valence-electron chi connectivity index (χ3n) is 2.01. The van der Waals surface area contributed by atoms with Crippen molar-refractivity contribution in [1.29, 1.82) is 0 Å². The standard InChI is InChI=1S/C11H13ClN2O3/c1-7-5-8(17-11(16)13-2)3-4-9(7)14-10(15)6-12/h3-5H,6H2,1-2H3,(H,13,16)(H,14,15). The molecule has 0 saturated heterocycles. The highest BCUT2D eigenvalue weighted by molar-refractivity contribution is 6.29. The number of halogens is 1. The number of ether oxygens (including phenoxy) is 1. The summed E-state index contributed by atoms with van der Waals surface area (Å²) in [5, 5.41) is 4.97. The molecule has 0 heterocycles. The lowest BCUT2D eigenvalue weighted by molar-refractivity contribution is -0.113. The molecule has 6 heteroatoms. The molecular weight excluding hydrogens is 244 g/mol. The molecule has 0 saturated carbocycles. The van der Waals surface area contributed by atoms with Gasteiger partial charge in [-0.2, -0.15) is 0 Å². The Bertz CT molecular complexity index is 435. The van der Waals surface area contributed by atoms with Crippen molar-refractivity contribution in [2.24, 2.45) is 0 Å². The van der Waals surface area contributed by atoms with Gasteiger partial charge >= 0.3 is 6.09 Å². The number of hydrogen-bond acceptors (Lipinski definition) is 3. The molecule has 0 aliphatic rings. The summed E-state index contributed by atoms with van der Waals surface area (Å²) in [5.41, 5.74) is 1.42. The number of carbonyl (C=O) groups excluding carboxylic acids is 2. The van der Waals surface area contributed by atoms with E-state index in [1.54, 1.807) is 25.1 Å². The van der Waals surface area contributed by atoms with Crippen molar-refractivity contribution in [1.82, 2.24) is 5.32 Å². The van der Waals surface area contributed by atoms with Gasteiger partial charge in [0.1, 0.15) is 11.6 Å². The molecule has 2 amide bonds. The minimum Gasteiger partial charge on any atom is -0.410 e. The SMILES string of the molecule is CNC(=O)Oc1ccc(NC(=O)CCl)c(C)c1. The first kappa shape index (κ1) is 13.3. The smallest absolute Gasteiger partial charge is 0.410 e. The Balaban J connectivity index is 2.79. The van der Waals surface area contributed by atoms with Gasteiger partial charge in [-0.3, -0.25) is 4.79 Å². The first-order valence-electron chi connectivity index (χ1n) is 4.93. The maximum absolute atomic E-state index is 11.1. The zero-order chi connectivity index (χ0) is 12.8. The van der Waals surface area contributed by atoms with Crippen molar-refractivity contribution in [3.05, 3.63) is 23.8 Å². The van der Waals surface area contributed by atoms with Crippen molar-refractivity contribution >= 4 is 29.3 Å². The van der Waals surface area contributed by atoms with Crippen LogP contribution < -0.4 is 15.4 Å². The van der Waals surface area contributed by atoms with E-state index in [0.717, 1.165) is 5.56 Å². The summed E-state index contributed by atoms with van der Waals surface area (Å²) in [5.74, 6) is 0.0242. The number of hydrogen-bond donors (Lipinski definition) is 2. The van der Waals surface area contributed by atoms with Gasteiger partial charge in [0, 0.05) is 12.7 Å². The second kappa shape index (κ2) is 6.10. The van der Waals surface area contributed by atoms with Gasteiger partial charge in [-0.15, -0.1) is 11.6 Å². The van der Waals surface area contributed by atoms with E-state index in [4.69, 9.17) is 16.3 Å². The summed E-state index contributed by atoms with van der Waals surface area (Å²) >= 11 is 5.38. The third kappa shape index (κ3) is 3.96. The molecular formula is C11H13ClN2O3. The first-order valence-corrected chi connectivity index (χ1v) is 5.46. The van der Waals surface area contributed by atoms with E-state index in [9.17, 15) is 9.59 Å². The van der Waals surface area contributed by atoms with Gasteiger partial charge in [0.15, 0.2) is 0 Å². The fourth-order valence-electron chi connectivity index (χ4n) is 1.18. The lowest BCUT2D eigenvalue weighted by Crippen LogP contribution is -2.22. The van der Waals surface area contributed by atoms with Gasteiger partial charge in [-0.25, -0.2) is 4.79 Å². The van der Waals surface area contributed by atoms with E-state index in [1.807, 2.05) is 0 Å². The second-order valence-corrected chi connectivity index (χ2v) is 3.57. The average Bonchev–Trinajstić information content (AvgIpc) is 2.32. The molecule has 0 bridgehead atoms. The molecule has 0 spiro atoms. The van der Waals surface area contributed by atoms with Crippen LogP contribution in [0, 0.1) is 6.92 Å². The number of benzene rings is 1. The molecule has 92 valence electrons. The molecule has 5 nitrogen and oxygen atoms in total. The van der Waals surface area contributed by atoms with Crippen LogP contribution in [0.3, 0.4) is 0 Å². The van der Waals surface area contributed by atoms with Crippen LogP contribution in [0.5, 0.6) is 5.75 Å². The van der Waals surface area contributed by atoms with Gasteiger partial charge in [0.2, 0.25) is 5.91 Å². The first-order chi connectivity index (χ1) is 8.06. The molecule has 0 aromatic heterocycles. The number of rotatable bonds is 3. The second-order valence-electron chi connectivity index (χ2n) is 3.30. The van der Waals surface area contributed by atoms with Crippen LogP contribution in [0.15, 0.2) is 18.2 Å². The van der Waals surface area contributed by atoms with E-state index >= 15 is 0 Å². The molecule has 17 heavy (non-hydrogen) atoms. The van der Waals surface area contributed by atoms with Crippen LogP contribution in [-0.4, -0.2) is 24.9 Å². The molecule has 0 unspecified atom stereocenters. The van der Waals surface area contributed by atoms with Gasteiger partial charge in [0.05, 0.1) is 0 Å². The Morgan fingerprint density at radius 1 is 1.41 bits per heavy atom. The minimum absolute atomic E-state index is 0.101. The monoisotopic (exact) mass is 256 g/mol. The molecule has 0 atom stereocenters. The van der Waals surface area contributed by atoms with E-state index in [0.29, 0.717) is 11.4 Å². The summed E-state index contributed by atoms with van der Waals surface area (Å²) in [6.07, 6.45) is -0.540. The van der Waals surface area contributed by atoms with Crippen LogP contribution in [0.2, 0.25) is 0 Å². The maximum Gasteiger partial charge on any atom is 0.412 e. The van der Waals surface area contributed by atoms with Crippen LogP contribution in [0.4, 0.5) is 10.5 Å². The van der Waals surface area contributed by atoms with Crippen LogP contribution in [0.25, 0.3) is 0 Å². The molecule has 0 aliphatic heterocycles. The van der Waals surface area contributed by atoms with E-state index in [-0.39, 0.29) is 11.8 Å². The zero-order valence-electron chi connectivity index (χ0n) is 9.54. The summed E-state index contributed by atoms with van der Waals surface area (Å²) in [6.45, 7) is 1.79. The van der Waals surface area contributed by atoms with Gasteiger partial charge in [0.25, 0.3) is 0 Å². The molecule has 2 N–H and O–H groups in total. The number of carbonyl (C=O) groups is 2. The zero-order valence-corrected chi connectivity index (χ0v) is 10.3. The summed E-state index contributed by atoms with van der Waals surface area (Å²) in [7, 11) is 1.48. The van der Waals surface area contributed by atoms with Crippen molar-refractivity contribution in [3.8, 4) is 5.75 Å². The Morgan fingerprint density at radius 3 is 2.65 bits per heavy atom. The van der Waals surface area contributed by atoms with Crippen molar-refractivity contribution in [2.45, 2.75) is 6.92 Å². The molecule has 1 aromatic rings. The molecule has 0 fully saturated rings. The maximum atomic E-state index is 11.1. The van der Waals surface area contributed by atoms with E-state index in [2.05, 4.69) is 10.6 Å². The fourth-order valence-corrected chi connectivity index (χ4v) is 1.25. The van der Waals surface area contributed by atoms with Crippen molar-refractivity contribution < 1.29 is 14.3 Å². The molecule has 1 rings (SSSR count). The van der Waals surface area contributed by atoms with Gasteiger partial charge in [-0.05, 0) is 30.7 Å². The quantitative estimate of drug-likeness (QED) is 0.812. The normalized spacial score (nSPS) is 9.59. The Labute approximate surface area is 104 Å². The fraction of sp³-hybridized carbons (Fsp3) is 0.273. The lowest BCUT2D eigenvalue weighted by Gasteiger charge is -2.09. The lowest BCUT2D eigenvalue weighted by atomic mass is 10.2. The Morgan fingerprint density at radius 2 is 2.12 bits per heavy atom. The average molecular weight is 257 g/mol. The molecule has 0 aliphatic carbocycles. The van der Waals surface area contributed by atoms with Gasteiger partial charge < -0.3 is 15.4 Å². The number of anilines is 1. The van der Waals surface area contributed by atoms with Crippen LogP contribution in [0.1, 0.15) is 5.56 Å². The molecule has 0 radical (unpaired) electrons. The minimum atomic E-state index is -0.540. The number of nitrogens with one attached hydrogen (secondary N) is 2. The summed E-state index contributed by atoms with van der Waals surface area (Å²) in [4.78, 5) is 22.1. The highest BCUT2D eigenvalue weighted by Crippen LogP contribution is 2.21. The number of alkyl halides is 1. The topological polar surface area (TPSA) is 67.4 Å². The van der Waals surface area contributed by atoms with E-state index < -0.39 is 6.09 Å². The van der Waals surface area contributed by atoms with Crippen molar-refractivity contribution in [3.63, 3.8) is 0 Å². The van der Waals surface area contributed by atoms with Crippen LogP contribution in [-0.2, 0) is 4.79 Å². The highest BCUT2D eigenvalue weighted by Gasteiger charge is 2.06. The predicted molar refractivity (Wildman–Crippen MR) is 65.6 cm³/mol. The molecule has 1 aromatic carbocycles.